The molecular weight excluding hydrogens is 194 g/mol. The van der Waals surface area contributed by atoms with Crippen LogP contribution in [0.2, 0.25) is 0 Å². The molecule has 2 aromatic heterocycles. The van der Waals surface area contributed by atoms with E-state index >= 15 is 0 Å². The van der Waals surface area contributed by atoms with E-state index in [2.05, 4.69) is 15.1 Å². The summed E-state index contributed by atoms with van der Waals surface area (Å²) in [6.45, 7) is 1.52. The first-order valence-electron chi connectivity index (χ1n) is 4.79. The lowest BCUT2D eigenvalue weighted by Gasteiger charge is -2.17. The monoisotopic (exact) mass is 207 g/mol. The Kier molecular flexibility index (Phi) is 2.77. The van der Waals surface area contributed by atoms with Gasteiger partial charge in [-0.05, 0) is 13.0 Å². The fourth-order valence-electron chi connectivity index (χ4n) is 1.42. The first kappa shape index (κ1) is 9.85. The normalized spacial score (nSPS) is 10.8. The molecule has 6 nitrogen and oxygen atoms in total. The van der Waals surface area contributed by atoms with Crippen LogP contribution in [0.25, 0.3) is 11.1 Å². The molecular formula is C9H13N5O. The van der Waals surface area contributed by atoms with Gasteiger partial charge in [0.2, 0.25) is 0 Å². The summed E-state index contributed by atoms with van der Waals surface area (Å²) < 4.78 is 4.96. The minimum absolute atomic E-state index is 0.514. The van der Waals surface area contributed by atoms with Gasteiger partial charge in [-0.2, -0.15) is 4.98 Å². The molecule has 0 aliphatic rings. The number of fused-ring (bicyclic) bond motifs is 1. The third kappa shape index (κ3) is 1.89. The highest BCUT2D eigenvalue weighted by Crippen LogP contribution is 2.20. The molecule has 0 bridgehead atoms. The molecule has 0 saturated carbocycles. The van der Waals surface area contributed by atoms with Gasteiger partial charge in [-0.25, -0.2) is 4.98 Å². The summed E-state index contributed by atoms with van der Waals surface area (Å²) in [5.41, 5.74) is 5.97. The van der Waals surface area contributed by atoms with Crippen LogP contribution in [0.5, 0.6) is 0 Å². The molecule has 0 aliphatic carbocycles. The Labute approximate surface area is 87.1 Å². The zero-order valence-electron chi connectivity index (χ0n) is 8.55. The average Bonchev–Trinajstić information content (AvgIpc) is 2.73. The second-order valence-corrected chi connectivity index (χ2v) is 3.31. The SMILES string of the molecule is CN(CCCN)c1ncnc2oncc12. The molecule has 2 heterocycles. The van der Waals surface area contributed by atoms with Crippen molar-refractivity contribution in [1.82, 2.24) is 15.1 Å². The molecule has 0 aliphatic heterocycles. The summed E-state index contributed by atoms with van der Waals surface area (Å²) >= 11 is 0. The van der Waals surface area contributed by atoms with E-state index in [-0.39, 0.29) is 0 Å². The first-order chi connectivity index (χ1) is 7.33. The van der Waals surface area contributed by atoms with Crippen molar-refractivity contribution < 1.29 is 4.52 Å². The number of anilines is 1. The summed E-state index contributed by atoms with van der Waals surface area (Å²) in [5, 5.41) is 4.53. The van der Waals surface area contributed by atoms with Crippen molar-refractivity contribution in [3.8, 4) is 0 Å². The first-order valence-corrected chi connectivity index (χ1v) is 4.79. The smallest absolute Gasteiger partial charge is 0.262 e. The molecule has 0 saturated heterocycles. The van der Waals surface area contributed by atoms with Crippen LogP contribution in [-0.2, 0) is 0 Å². The van der Waals surface area contributed by atoms with Crippen LogP contribution in [0.4, 0.5) is 5.82 Å². The van der Waals surface area contributed by atoms with Crippen molar-refractivity contribution in [3.05, 3.63) is 12.5 Å². The van der Waals surface area contributed by atoms with E-state index in [9.17, 15) is 0 Å². The molecule has 2 N–H and O–H groups in total. The van der Waals surface area contributed by atoms with Gasteiger partial charge in [0, 0.05) is 13.6 Å². The molecule has 2 rings (SSSR count). The van der Waals surface area contributed by atoms with Gasteiger partial charge in [0.25, 0.3) is 5.71 Å². The minimum Gasteiger partial charge on any atom is -0.359 e. The Morgan fingerprint density at radius 2 is 2.33 bits per heavy atom. The summed E-state index contributed by atoms with van der Waals surface area (Å²) in [6, 6.07) is 0. The number of hydrogen-bond donors (Lipinski definition) is 1. The number of hydrogen-bond acceptors (Lipinski definition) is 6. The lowest BCUT2D eigenvalue weighted by molar-refractivity contribution is 0.448. The zero-order valence-corrected chi connectivity index (χ0v) is 8.55. The maximum atomic E-state index is 5.46. The number of aromatic nitrogens is 3. The van der Waals surface area contributed by atoms with Crippen LogP contribution in [0.15, 0.2) is 17.0 Å². The third-order valence-corrected chi connectivity index (χ3v) is 2.21. The quantitative estimate of drug-likeness (QED) is 0.781. The van der Waals surface area contributed by atoms with Crippen molar-refractivity contribution in [2.75, 3.05) is 25.0 Å². The zero-order chi connectivity index (χ0) is 10.7. The van der Waals surface area contributed by atoms with Gasteiger partial charge >= 0.3 is 0 Å². The highest BCUT2D eigenvalue weighted by molar-refractivity contribution is 5.84. The van der Waals surface area contributed by atoms with E-state index < -0.39 is 0 Å². The molecule has 6 heteroatoms. The summed E-state index contributed by atoms with van der Waals surface area (Å²) in [7, 11) is 1.96. The fraction of sp³-hybridized carbons (Fsp3) is 0.444. The van der Waals surface area contributed by atoms with Crippen LogP contribution < -0.4 is 10.6 Å². The second kappa shape index (κ2) is 4.22. The van der Waals surface area contributed by atoms with Gasteiger partial charge in [-0.15, -0.1) is 0 Å². The molecule has 0 spiro atoms. The Morgan fingerprint density at radius 3 is 3.13 bits per heavy atom. The van der Waals surface area contributed by atoms with Crippen molar-refractivity contribution in [3.63, 3.8) is 0 Å². The second-order valence-electron chi connectivity index (χ2n) is 3.31. The third-order valence-electron chi connectivity index (χ3n) is 2.21. The van der Waals surface area contributed by atoms with Crippen molar-refractivity contribution >= 4 is 16.9 Å². The van der Waals surface area contributed by atoms with E-state index in [1.54, 1.807) is 6.20 Å². The molecule has 0 radical (unpaired) electrons. The summed E-state index contributed by atoms with van der Waals surface area (Å²) in [5.74, 6) is 0.828. The number of nitrogens with zero attached hydrogens (tertiary/aromatic N) is 4. The largest absolute Gasteiger partial charge is 0.359 e. The van der Waals surface area contributed by atoms with Crippen LogP contribution in [0.3, 0.4) is 0 Å². The molecule has 15 heavy (non-hydrogen) atoms. The highest BCUT2D eigenvalue weighted by atomic mass is 16.5. The number of nitrogens with two attached hydrogens (primary N) is 1. The van der Waals surface area contributed by atoms with Gasteiger partial charge in [-0.3, -0.25) is 0 Å². The minimum atomic E-state index is 0.514. The van der Waals surface area contributed by atoms with Gasteiger partial charge in [0.05, 0.1) is 6.20 Å². The van der Waals surface area contributed by atoms with Crippen molar-refractivity contribution in [2.45, 2.75) is 6.42 Å². The van der Waals surface area contributed by atoms with Gasteiger partial charge < -0.3 is 15.2 Å². The average molecular weight is 207 g/mol. The molecule has 0 fully saturated rings. The molecule has 80 valence electrons. The lowest BCUT2D eigenvalue weighted by Crippen LogP contribution is -2.22. The maximum absolute atomic E-state index is 5.46. The summed E-state index contributed by atoms with van der Waals surface area (Å²) in [6.07, 6.45) is 4.03. The molecule has 2 aromatic rings. The number of rotatable bonds is 4. The Balaban J connectivity index is 2.29. The Hall–Kier alpha value is -1.69. The van der Waals surface area contributed by atoms with Gasteiger partial charge in [0.15, 0.2) is 0 Å². The standard InChI is InChI=1S/C9H13N5O/c1-14(4-2-3-10)8-7-5-13-15-9(7)12-6-11-8/h5-6H,2-4,10H2,1H3. The Morgan fingerprint density at radius 1 is 1.47 bits per heavy atom. The molecule has 0 amide bonds. The summed E-state index contributed by atoms with van der Waals surface area (Å²) in [4.78, 5) is 10.2. The van der Waals surface area contributed by atoms with E-state index in [0.717, 1.165) is 24.2 Å². The fourth-order valence-corrected chi connectivity index (χ4v) is 1.42. The van der Waals surface area contributed by atoms with E-state index in [1.807, 2.05) is 11.9 Å². The topological polar surface area (TPSA) is 81.1 Å². The van der Waals surface area contributed by atoms with E-state index in [1.165, 1.54) is 6.33 Å². The van der Waals surface area contributed by atoms with Crippen LogP contribution in [0.1, 0.15) is 6.42 Å². The van der Waals surface area contributed by atoms with Gasteiger partial charge in [0.1, 0.15) is 17.5 Å². The molecule has 0 aromatic carbocycles. The predicted octanol–water partition coefficient (Wildman–Crippen LogP) is 0.403. The maximum Gasteiger partial charge on any atom is 0.262 e. The van der Waals surface area contributed by atoms with Gasteiger partial charge in [-0.1, -0.05) is 5.16 Å². The van der Waals surface area contributed by atoms with Crippen LogP contribution in [-0.4, -0.2) is 35.3 Å². The molecule has 0 unspecified atom stereocenters. The van der Waals surface area contributed by atoms with Crippen LogP contribution in [0, 0.1) is 0 Å². The molecule has 0 atom stereocenters. The van der Waals surface area contributed by atoms with Crippen molar-refractivity contribution in [2.24, 2.45) is 5.73 Å². The van der Waals surface area contributed by atoms with E-state index in [4.69, 9.17) is 10.3 Å². The highest BCUT2D eigenvalue weighted by Gasteiger charge is 2.10. The Bertz CT molecular complexity index is 441. The van der Waals surface area contributed by atoms with Crippen molar-refractivity contribution in [1.29, 1.82) is 0 Å². The lowest BCUT2D eigenvalue weighted by atomic mass is 10.3. The predicted molar refractivity (Wildman–Crippen MR) is 56.5 cm³/mol. The van der Waals surface area contributed by atoms with E-state index in [0.29, 0.717) is 12.3 Å². The van der Waals surface area contributed by atoms with Crippen LogP contribution >= 0.6 is 0 Å².